The van der Waals surface area contributed by atoms with Gasteiger partial charge in [0.25, 0.3) is 0 Å². The standard InChI is InChI=1S/C49H30N2O/c1-6-20-38-32(14-1)33-15-2-7-21-39(33)49(38)40-22-8-12-27-46(40)52-47-30-31(28-29-41(47)49)50-42-23-9-5-18-36(42)37-19-13-26-45(48(37)50)51-43-24-10-3-16-34(43)35-17-4-11-25-44(35)51/h1-30H. The molecule has 52 heavy (non-hydrogen) atoms. The third kappa shape index (κ3) is 3.40. The largest absolute Gasteiger partial charge is 0.457 e. The van der Waals surface area contributed by atoms with Gasteiger partial charge in [-0.2, -0.15) is 0 Å². The predicted molar refractivity (Wildman–Crippen MR) is 212 cm³/mol. The van der Waals surface area contributed by atoms with Crippen molar-refractivity contribution in [3.8, 4) is 34.0 Å². The second kappa shape index (κ2) is 10.1. The number of hydrogen-bond acceptors (Lipinski definition) is 1. The maximum atomic E-state index is 6.96. The smallest absolute Gasteiger partial charge is 0.134 e. The molecule has 0 saturated heterocycles. The van der Waals surface area contributed by atoms with E-state index in [1.807, 2.05) is 0 Å². The molecule has 1 aliphatic carbocycles. The van der Waals surface area contributed by atoms with Gasteiger partial charge in [0.2, 0.25) is 0 Å². The van der Waals surface area contributed by atoms with Crippen LogP contribution in [0.5, 0.6) is 11.5 Å². The predicted octanol–water partition coefficient (Wildman–Crippen LogP) is 12.3. The number of aromatic nitrogens is 2. The lowest BCUT2D eigenvalue weighted by atomic mass is 9.66. The van der Waals surface area contributed by atoms with Crippen LogP contribution in [0, 0.1) is 0 Å². The molecule has 3 nitrogen and oxygen atoms in total. The van der Waals surface area contributed by atoms with Gasteiger partial charge in [-0.3, -0.25) is 0 Å². The van der Waals surface area contributed by atoms with Crippen molar-refractivity contribution in [2.24, 2.45) is 0 Å². The van der Waals surface area contributed by atoms with Crippen molar-refractivity contribution in [3.05, 3.63) is 204 Å². The van der Waals surface area contributed by atoms with Crippen LogP contribution in [0.15, 0.2) is 182 Å². The van der Waals surface area contributed by atoms with E-state index >= 15 is 0 Å². The van der Waals surface area contributed by atoms with E-state index in [0.29, 0.717) is 0 Å². The van der Waals surface area contributed by atoms with E-state index in [1.54, 1.807) is 0 Å². The zero-order chi connectivity index (χ0) is 34.0. The van der Waals surface area contributed by atoms with E-state index in [-0.39, 0.29) is 0 Å². The first kappa shape index (κ1) is 27.9. The third-order valence-electron chi connectivity index (χ3n) is 11.6. The molecule has 0 N–H and O–H groups in total. The molecule has 0 amide bonds. The molecule has 0 unspecified atom stereocenters. The fourth-order valence-electron chi connectivity index (χ4n) is 9.62. The molecule has 2 aliphatic rings. The highest BCUT2D eigenvalue weighted by atomic mass is 16.5. The summed E-state index contributed by atoms with van der Waals surface area (Å²) in [6.07, 6.45) is 0. The second-order valence-electron chi connectivity index (χ2n) is 14.0. The van der Waals surface area contributed by atoms with Crippen LogP contribution >= 0.6 is 0 Å². The van der Waals surface area contributed by atoms with Crippen LogP contribution in [-0.2, 0) is 5.41 Å². The summed E-state index contributed by atoms with van der Waals surface area (Å²) >= 11 is 0. The van der Waals surface area contributed by atoms with Crippen molar-refractivity contribution in [2.75, 3.05) is 0 Å². The van der Waals surface area contributed by atoms with E-state index in [4.69, 9.17) is 4.74 Å². The Morgan fingerprint density at radius 1 is 0.365 bits per heavy atom. The minimum Gasteiger partial charge on any atom is -0.457 e. The van der Waals surface area contributed by atoms with Crippen molar-refractivity contribution < 1.29 is 4.74 Å². The first-order valence-electron chi connectivity index (χ1n) is 17.9. The molecule has 0 bridgehead atoms. The molecule has 10 aromatic rings. The molecule has 12 rings (SSSR count). The lowest BCUT2D eigenvalue weighted by molar-refractivity contribution is 0.436. The molecule has 3 heteroatoms. The highest BCUT2D eigenvalue weighted by molar-refractivity contribution is 6.15. The van der Waals surface area contributed by atoms with Gasteiger partial charge in [0.1, 0.15) is 11.5 Å². The van der Waals surface area contributed by atoms with Crippen molar-refractivity contribution in [1.82, 2.24) is 9.13 Å². The van der Waals surface area contributed by atoms with Crippen molar-refractivity contribution in [2.45, 2.75) is 5.41 Å². The first-order valence-corrected chi connectivity index (χ1v) is 17.9. The van der Waals surface area contributed by atoms with Gasteiger partial charge in [0.05, 0.1) is 33.2 Å². The first-order chi connectivity index (χ1) is 25.8. The van der Waals surface area contributed by atoms with Crippen LogP contribution in [0.4, 0.5) is 0 Å². The fourth-order valence-corrected chi connectivity index (χ4v) is 9.62. The van der Waals surface area contributed by atoms with E-state index < -0.39 is 5.41 Å². The average molecular weight is 663 g/mol. The second-order valence-corrected chi connectivity index (χ2v) is 14.0. The van der Waals surface area contributed by atoms with Gasteiger partial charge >= 0.3 is 0 Å². The van der Waals surface area contributed by atoms with Crippen molar-refractivity contribution in [1.29, 1.82) is 0 Å². The SMILES string of the molecule is c1ccc2c(c1)Oc1cc(-n3c4ccccc4c4cccc(-n5c6ccccc6c6ccccc65)c43)ccc1C21c2ccccc2-c2ccccc21. The Labute approximate surface area is 300 Å². The maximum Gasteiger partial charge on any atom is 0.134 e. The number of para-hydroxylation sites is 5. The number of hydrogen-bond donors (Lipinski definition) is 0. The number of rotatable bonds is 2. The molecule has 8 aromatic carbocycles. The molecule has 242 valence electrons. The summed E-state index contributed by atoms with van der Waals surface area (Å²) in [5.74, 6) is 1.77. The summed E-state index contributed by atoms with van der Waals surface area (Å²) in [4.78, 5) is 0. The summed E-state index contributed by atoms with van der Waals surface area (Å²) in [7, 11) is 0. The molecule has 0 radical (unpaired) electrons. The molecule has 0 saturated carbocycles. The van der Waals surface area contributed by atoms with Gasteiger partial charge in [-0.15, -0.1) is 0 Å². The van der Waals surface area contributed by atoms with E-state index in [1.165, 1.54) is 60.4 Å². The fraction of sp³-hybridized carbons (Fsp3) is 0.0204. The van der Waals surface area contributed by atoms with Gasteiger partial charge in [0.15, 0.2) is 0 Å². The highest BCUT2D eigenvalue weighted by Gasteiger charge is 2.51. The quantitative estimate of drug-likeness (QED) is 0.180. The summed E-state index contributed by atoms with van der Waals surface area (Å²) in [5, 5.41) is 4.94. The molecular weight excluding hydrogens is 633 g/mol. The van der Waals surface area contributed by atoms with Crippen LogP contribution in [0.25, 0.3) is 66.1 Å². The number of nitrogens with zero attached hydrogens (tertiary/aromatic N) is 2. The van der Waals surface area contributed by atoms with Gasteiger partial charge < -0.3 is 13.9 Å². The van der Waals surface area contributed by atoms with E-state index in [9.17, 15) is 0 Å². The zero-order valence-electron chi connectivity index (χ0n) is 28.1. The van der Waals surface area contributed by atoms with Crippen LogP contribution < -0.4 is 4.74 Å². The van der Waals surface area contributed by atoms with Gasteiger partial charge in [0, 0.05) is 44.4 Å². The lowest BCUT2D eigenvalue weighted by Gasteiger charge is -2.39. The number of benzene rings is 8. The Morgan fingerprint density at radius 2 is 0.865 bits per heavy atom. The Hall–Kier alpha value is -6.84. The van der Waals surface area contributed by atoms with Crippen LogP contribution in [0.2, 0.25) is 0 Å². The number of ether oxygens (including phenoxy) is 1. The maximum absolute atomic E-state index is 6.96. The Balaban J connectivity index is 1.18. The molecule has 2 aromatic heterocycles. The van der Waals surface area contributed by atoms with Crippen molar-refractivity contribution >= 4 is 43.6 Å². The number of fused-ring (bicyclic) bond motifs is 15. The Bertz CT molecular complexity index is 3020. The third-order valence-corrected chi connectivity index (χ3v) is 11.6. The monoisotopic (exact) mass is 662 g/mol. The summed E-state index contributed by atoms with van der Waals surface area (Å²) < 4.78 is 11.8. The lowest BCUT2D eigenvalue weighted by Crippen LogP contribution is -2.32. The van der Waals surface area contributed by atoms with E-state index in [2.05, 4.69) is 191 Å². The zero-order valence-corrected chi connectivity index (χ0v) is 28.1. The normalized spacial score (nSPS) is 13.7. The minimum absolute atomic E-state index is 0.495. The molecular formula is C49H30N2O. The van der Waals surface area contributed by atoms with Crippen LogP contribution in [0.1, 0.15) is 22.3 Å². The topological polar surface area (TPSA) is 19.1 Å². The van der Waals surface area contributed by atoms with Crippen LogP contribution in [0.3, 0.4) is 0 Å². The Kier molecular flexibility index (Phi) is 5.43. The summed E-state index contributed by atoms with van der Waals surface area (Å²) in [6, 6.07) is 66.3. The molecule has 1 spiro atoms. The average Bonchev–Trinajstić information content (AvgIpc) is 3.83. The van der Waals surface area contributed by atoms with Gasteiger partial charge in [-0.25, -0.2) is 0 Å². The summed E-state index contributed by atoms with van der Waals surface area (Å²) in [5.41, 5.74) is 13.9. The van der Waals surface area contributed by atoms with Gasteiger partial charge in [-0.1, -0.05) is 140 Å². The molecule has 0 fully saturated rings. The molecule has 1 aliphatic heterocycles. The minimum atomic E-state index is -0.495. The van der Waals surface area contributed by atoms with E-state index in [0.717, 1.165) is 39.5 Å². The molecule has 3 heterocycles. The molecule has 0 atom stereocenters. The van der Waals surface area contributed by atoms with Crippen molar-refractivity contribution in [3.63, 3.8) is 0 Å². The van der Waals surface area contributed by atoms with Gasteiger partial charge in [-0.05, 0) is 58.7 Å². The Morgan fingerprint density at radius 3 is 1.54 bits per heavy atom. The summed E-state index contributed by atoms with van der Waals surface area (Å²) in [6.45, 7) is 0. The van der Waals surface area contributed by atoms with Crippen LogP contribution in [-0.4, -0.2) is 9.13 Å². The highest BCUT2D eigenvalue weighted by Crippen LogP contribution is 2.62.